The molecule has 1 aromatic rings. The van der Waals surface area contributed by atoms with Gasteiger partial charge in [-0.15, -0.1) is 0 Å². The Morgan fingerprint density at radius 1 is 1.17 bits per heavy atom. The number of nitrogens with zero attached hydrogens (tertiary/aromatic N) is 1. The summed E-state index contributed by atoms with van der Waals surface area (Å²) in [7, 11) is 2.83. The van der Waals surface area contributed by atoms with Crippen molar-refractivity contribution >= 4 is 11.9 Å². The Bertz CT molecular complexity index is 695. The van der Waals surface area contributed by atoms with Gasteiger partial charge >= 0.3 is 11.9 Å². The lowest BCUT2D eigenvalue weighted by molar-refractivity contribution is -0.505. The maximum atomic E-state index is 12.9. The van der Waals surface area contributed by atoms with Gasteiger partial charge in [-0.1, -0.05) is 51.1 Å². The van der Waals surface area contributed by atoms with E-state index in [1.807, 2.05) is 51.1 Å². The van der Waals surface area contributed by atoms with Crippen molar-refractivity contribution in [2.45, 2.75) is 44.8 Å². The zero-order valence-electron chi connectivity index (χ0n) is 14.9. The zero-order chi connectivity index (χ0) is 17.8. The maximum Gasteiger partial charge on any atom is 0.360 e. The molecule has 3 rings (SSSR count). The van der Waals surface area contributed by atoms with Gasteiger partial charge in [0.05, 0.1) is 7.11 Å². The lowest BCUT2D eigenvalue weighted by atomic mass is 9.56. The van der Waals surface area contributed by atoms with Crippen molar-refractivity contribution in [3.63, 3.8) is 0 Å². The number of fused-ring (bicyclic) bond motifs is 1. The molecule has 0 radical (unpaired) electrons. The molecule has 130 valence electrons. The number of ether oxygens (including phenoxy) is 4. The average Bonchev–Trinajstić information content (AvgIpc) is 2.78. The van der Waals surface area contributed by atoms with E-state index < -0.39 is 28.5 Å². The Morgan fingerprint density at radius 2 is 1.79 bits per heavy atom. The number of esters is 1. The average molecular weight is 333 g/mol. The minimum Gasteiger partial charge on any atom is -0.467 e. The van der Waals surface area contributed by atoms with Crippen LogP contribution in [0.15, 0.2) is 35.3 Å². The number of benzene rings is 1. The first-order valence-corrected chi connectivity index (χ1v) is 7.85. The van der Waals surface area contributed by atoms with Gasteiger partial charge in [-0.2, -0.15) is 0 Å². The first kappa shape index (κ1) is 16.9. The van der Waals surface area contributed by atoms with Crippen molar-refractivity contribution < 1.29 is 23.7 Å². The van der Waals surface area contributed by atoms with Gasteiger partial charge in [0.2, 0.25) is 11.1 Å². The van der Waals surface area contributed by atoms with Crippen LogP contribution in [-0.4, -0.2) is 37.6 Å². The summed E-state index contributed by atoms with van der Waals surface area (Å²) in [5.74, 6) is -1.58. The number of aliphatic imine (C=N–C) groups is 1. The summed E-state index contributed by atoms with van der Waals surface area (Å²) in [6.45, 7) is 7.67. The van der Waals surface area contributed by atoms with Crippen molar-refractivity contribution in [3.05, 3.63) is 35.9 Å². The molecule has 6 heteroatoms. The van der Waals surface area contributed by atoms with E-state index in [9.17, 15) is 4.79 Å². The van der Waals surface area contributed by atoms with E-state index in [1.165, 1.54) is 14.2 Å². The Labute approximate surface area is 141 Å². The van der Waals surface area contributed by atoms with Crippen LogP contribution in [0.4, 0.5) is 0 Å². The number of hydrogen-bond acceptors (Lipinski definition) is 6. The highest BCUT2D eigenvalue weighted by molar-refractivity contribution is 5.89. The third-order valence-corrected chi connectivity index (χ3v) is 4.85. The zero-order valence-corrected chi connectivity index (χ0v) is 14.9. The lowest BCUT2D eigenvalue weighted by Crippen LogP contribution is -2.84. The Balaban J connectivity index is 2.34. The summed E-state index contributed by atoms with van der Waals surface area (Å²) >= 11 is 0. The Hall–Kier alpha value is -1.92. The number of rotatable bonds is 3. The lowest BCUT2D eigenvalue weighted by Gasteiger charge is -2.64. The first-order valence-electron chi connectivity index (χ1n) is 7.85. The minimum absolute atomic E-state index is 0.411. The Kier molecular flexibility index (Phi) is 3.55. The van der Waals surface area contributed by atoms with E-state index in [2.05, 4.69) is 0 Å². The maximum absolute atomic E-state index is 12.9. The quantitative estimate of drug-likeness (QED) is 0.796. The molecule has 24 heavy (non-hydrogen) atoms. The molecule has 0 amide bonds. The Morgan fingerprint density at radius 3 is 2.29 bits per heavy atom. The van der Waals surface area contributed by atoms with Crippen LogP contribution in [0.2, 0.25) is 0 Å². The number of hydrogen-bond donors (Lipinski definition) is 0. The molecule has 0 N–H and O–H groups in total. The molecule has 2 heterocycles. The summed E-state index contributed by atoms with van der Waals surface area (Å²) in [6.07, 6.45) is 0. The van der Waals surface area contributed by atoms with Crippen molar-refractivity contribution in [1.82, 2.24) is 0 Å². The van der Waals surface area contributed by atoms with E-state index in [0.717, 1.165) is 0 Å². The SMILES string of the molecule is COC(=O)[C@]1(c2ccccc2)O[C@]2(OC)OC(C)=N[C@@]21C(C)(C)C. The molecule has 2 aliphatic rings. The van der Waals surface area contributed by atoms with Gasteiger partial charge in [-0.05, 0) is 5.56 Å². The monoisotopic (exact) mass is 333 g/mol. The van der Waals surface area contributed by atoms with Crippen molar-refractivity contribution in [2.24, 2.45) is 10.4 Å². The molecule has 1 fully saturated rings. The second kappa shape index (κ2) is 5.04. The fraction of sp³-hybridized carbons (Fsp3) is 0.556. The second-order valence-electron chi connectivity index (χ2n) is 7.09. The minimum atomic E-state index is -1.46. The van der Waals surface area contributed by atoms with Gasteiger partial charge in [0.25, 0.3) is 0 Å². The normalized spacial score (nSPS) is 34.7. The molecule has 2 aliphatic heterocycles. The summed E-state index contributed by atoms with van der Waals surface area (Å²) in [4.78, 5) is 17.7. The van der Waals surface area contributed by atoms with Gasteiger partial charge < -0.3 is 14.2 Å². The highest BCUT2D eigenvalue weighted by atomic mass is 16.9. The third-order valence-electron chi connectivity index (χ3n) is 4.85. The summed E-state index contributed by atoms with van der Waals surface area (Å²) in [5.41, 5.74) is -2.44. The fourth-order valence-corrected chi connectivity index (χ4v) is 3.99. The highest BCUT2D eigenvalue weighted by Gasteiger charge is 2.89. The predicted molar refractivity (Wildman–Crippen MR) is 87.3 cm³/mol. The van der Waals surface area contributed by atoms with E-state index in [0.29, 0.717) is 11.5 Å². The molecule has 0 saturated carbocycles. The van der Waals surface area contributed by atoms with Gasteiger partial charge in [0, 0.05) is 19.4 Å². The molecule has 0 aromatic heterocycles. The number of methoxy groups -OCH3 is 2. The van der Waals surface area contributed by atoms with Crippen molar-refractivity contribution in [1.29, 1.82) is 0 Å². The van der Waals surface area contributed by atoms with Gasteiger partial charge in [-0.3, -0.25) is 4.74 Å². The molecule has 6 nitrogen and oxygen atoms in total. The highest BCUT2D eigenvalue weighted by Crippen LogP contribution is 2.68. The topological polar surface area (TPSA) is 66.4 Å². The molecule has 1 saturated heterocycles. The summed E-state index contributed by atoms with van der Waals surface area (Å²) in [6, 6.07) is 9.22. The molecule has 1 aromatic carbocycles. The predicted octanol–water partition coefficient (Wildman–Crippen LogP) is 2.62. The third kappa shape index (κ3) is 1.67. The molecule has 0 aliphatic carbocycles. The van der Waals surface area contributed by atoms with Crippen LogP contribution < -0.4 is 0 Å². The summed E-state index contributed by atoms with van der Waals surface area (Å²) in [5, 5.41) is 0. The van der Waals surface area contributed by atoms with Gasteiger partial charge in [0.1, 0.15) is 0 Å². The molecule has 0 unspecified atom stereocenters. The first-order chi connectivity index (χ1) is 11.2. The molecular formula is C18H23NO5. The van der Waals surface area contributed by atoms with Gasteiger partial charge in [-0.25, -0.2) is 9.79 Å². The largest absolute Gasteiger partial charge is 0.467 e. The van der Waals surface area contributed by atoms with E-state index in [-0.39, 0.29) is 0 Å². The molecular weight excluding hydrogens is 310 g/mol. The van der Waals surface area contributed by atoms with E-state index >= 15 is 0 Å². The van der Waals surface area contributed by atoms with Crippen LogP contribution in [0.25, 0.3) is 0 Å². The van der Waals surface area contributed by atoms with Crippen LogP contribution in [-0.2, 0) is 29.3 Å². The molecule has 0 spiro atoms. The van der Waals surface area contributed by atoms with Crippen LogP contribution in [0.1, 0.15) is 33.3 Å². The smallest absolute Gasteiger partial charge is 0.360 e. The second-order valence-corrected chi connectivity index (χ2v) is 7.09. The summed E-state index contributed by atoms with van der Waals surface area (Å²) < 4.78 is 22.6. The molecule has 3 atom stereocenters. The van der Waals surface area contributed by atoms with Crippen LogP contribution in [0, 0.1) is 5.41 Å². The molecule has 0 bridgehead atoms. The van der Waals surface area contributed by atoms with Crippen molar-refractivity contribution in [2.75, 3.05) is 14.2 Å². The van der Waals surface area contributed by atoms with Crippen molar-refractivity contribution in [3.8, 4) is 0 Å². The number of carbonyl (C=O) groups is 1. The van der Waals surface area contributed by atoms with E-state index in [1.54, 1.807) is 6.92 Å². The van der Waals surface area contributed by atoms with Crippen LogP contribution in [0.3, 0.4) is 0 Å². The van der Waals surface area contributed by atoms with Crippen LogP contribution >= 0.6 is 0 Å². The van der Waals surface area contributed by atoms with E-state index in [4.69, 9.17) is 23.9 Å². The standard InChI is InChI=1S/C18H23NO5/c1-12-19-17(15(2,3)4)16(14(20)21-5,13-10-8-7-9-11-13)24-18(17,22-6)23-12/h7-11H,1-6H3/t16-,17+,18+/m0/s1. The fourth-order valence-electron chi connectivity index (χ4n) is 3.99. The van der Waals surface area contributed by atoms with Crippen LogP contribution in [0.5, 0.6) is 0 Å². The number of carbonyl (C=O) groups excluding carboxylic acids is 1. The van der Waals surface area contributed by atoms with Gasteiger partial charge in [0.15, 0.2) is 5.90 Å².